The molecule has 58 heavy (non-hydrogen) atoms. The minimum Gasteiger partial charge on any atom is -1.00 e. The maximum Gasteiger partial charge on any atom is 0.511 e. The topological polar surface area (TPSA) is 131 Å². The Labute approximate surface area is 352 Å². The van der Waals surface area contributed by atoms with E-state index >= 15 is 0 Å². The smallest absolute Gasteiger partial charge is 0.511 e. The van der Waals surface area contributed by atoms with E-state index in [0.717, 1.165) is 49.7 Å². The van der Waals surface area contributed by atoms with Gasteiger partial charge in [-0.15, -0.1) is 4.68 Å². The molecule has 2 aromatic heterocycles. The molecular weight excluding hydrogens is 811 g/mol. The van der Waals surface area contributed by atoms with Crippen molar-refractivity contribution < 1.29 is 45.5 Å². The van der Waals surface area contributed by atoms with Crippen LogP contribution in [0.1, 0.15) is 45.2 Å². The summed E-state index contributed by atoms with van der Waals surface area (Å²) in [6.07, 6.45) is 5.17. The van der Waals surface area contributed by atoms with Crippen molar-refractivity contribution in [3.05, 3.63) is 112 Å². The third-order valence-corrected chi connectivity index (χ3v) is 10.6. The fraction of sp³-hybridized carbons (Fsp3) is 0.425. The molecule has 2 fully saturated rings. The largest absolute Gasteiger partial charge is 1.00 e. The van der Waals surface area contributed by atoms with E-state index in [1.165, 1.54) is 11.0 Å². The highest BCUT2D eigenvalue weighted by Crippen LogP contribution is 2.40. The van der Waals surface area contributed by atoms with Gasteiger partial charge in [0.1, 0.15) is 24.8 Å². The van der Waals surface area contributed by atoms with Crippen LogP contribution in [0.15, 0.2) is 90.5 Å². The number of aromatic nitrogens is 6. The minimum absolute atomic E-state index is 0. The average molecular weight is 858 g/mol. The lowest BCUT2D eigenvalue weighted by Crippen LogP contribution is -3.00. The second kappa shape index (κ2) is 19.3. The van der Waals surface area contributed by atoms with Crippen LogP contribution >= 0.6 is 23.2 Å². The van der Waals surface area contributed by atoms with Crippen LogP contribution in [0.25, 0.3) is 5.69 Å². The van der Waals surface area contributed by atoms with E-state index in [1.54, 1.807) is 44.7 Å². The van der Waals surface area contributed by atoms with Gasteiger partial charge in [0.2, 0.25) is 18.8 Å². The number of halogens is 3. The third kappa shape index (κ3) is 9.89. The molecule has 0 radical (unpaired) electrons. The standard InChI is InChI=1S/C40H47Cl2N8O7.ClH/c1-4-20-53-39(52)55-28-45-25-43-48(27-45)24-40(36-15-6-30(41)21-37(36)42)56-23-35(57-40)22-54-34-13-11-32(12-14-34)47-18-16-46(17-19-47)31-7-9-33(10-8-31)49-26-44-50(38(49)51)29(3)5-2;/h6-15,21,25-27,29,35H,4-5,16-20,22-24,28H2,1-3H3;1H/q+1;/p-1. The molecule has 0 saturated carbocycles. The number of nitrogens with zero attached hydrogens (tertiary/aromatic N) is 8. The van der Waals surface area contributed by atoms with E-state index in [4.69, 9.17) is 46.9 Å². The monoisotopic (exact) mass is 856 g/mol. The summed E-state index contributed by atoms with van der Waals surface area (Å²) in [5.74, 6) is -0.576. The van der Waals surface area contributed by atoms with Crippen LogP contribution in [0, 0.1) is 0 Å². The summed E-state index contributed by atoms with van der Waals surface area (Å²) in [6.45, 7) is 10.2. The Morgan fingerprint density at radius 2 is 1.62 bits per heavy atom. The molecule has 2 aliphatic heterocycles. The van der Waals surface area contributed by atoms with Crippen molar-refractivity contribution in [1.29, 1.82) is 0 Å². The summed E-state index contributed by atoms with van der Waals surface area (Å²) in [6, 6.07) is 21.4. The zero-order valence-corrected chi connectivity index (χ0v) is 34.9. The lowest BCUT2D eigenvalue weighted by molar-refractivity contribution is -0.728. The summed E-state index contributed by atoms with van der Waals surface area (Å²) in [4.78, 5) is 29.4. The number of carbonyl (C=O) groups is 1. The number of hydrogen-bond acceptors (Lipinski definition) is 11. The van der Waals surface area contributed by atoms with Gasteiger partial charge in [-0.25, -0.2) is 23.4 Å². The Morgan fingerprint density at radius 1 is 0.948 bits per heavy atom. The van der Waals surface area contributed by atoms with Gasteiger partial charge in [0.15, 0.2) is 6.54 Å². The van der Waals surface area contributed by atoms with Crippen LogP contribution < -0.4 is 37.2 Å². The molecule has 0 bridgehead atoms. The zero-order chi connectivity index (χ0) is 39.9. The van der Waals surface area contributed by atoms with Gasteiger partial charge in [-0.3, -0.25) is 0 Å². The summed E-state index contributed by atoms with van der Waals surface area (Å²) in [7, 11) is 0. The molecule has 3 atom stereocenters. The SMILES string of the molecule is CCCOC(=O)OC[n+]1cnn(CC2(c3ccc(Cl)cc3Cl)OCC(COc3ccc(N4CCN(c5ccc(-n6cnn(C(C)CC)c6=O)cc5)CC4)cc3)O2)c1.[Cl-]. The second-order valence-electron chi connectivity index (χ2n) is 14.0. The predicted octanol–water partition coefficient (Wildman–Crippen LogP) is 2.99. The van der Waals surface area contributed by atoms with Crippen LogP contribution in [0.4, 0.5) is 16.2 Å². The molecule has 0 amide bonds. The molecule has 3 unspecified atom stereocenters. The molecular formula is C40H47Cl3N8O7. The van der Waals surface area contributed by atoms with Gasteiger partial charge in [-0.05, 0) is 80.4 Å². The number of ether oxygens (including phenoxy) is 5. The molecule has 7 rings (SSSR count). The first-order valence-corrected chi connectivity index (χ1v) is 19.9. The van der Waals surface area contributed by atoms with Gasteiger partial charge in [-0.2, -0.15) is 5.10 Å². The van der Waals surface area contributed by atoms with E-state index in [1.807, 2.05) is 45.0 Å². The highest BCUT2D eigenvalue weighted by molar-refractivity contribution is 6.35. The number of carbonyl (C=O) groups excluding carboxylic acids is 1. The molecule has 310 valence electrons. The Morgan fingerprint density at radius 3 is 2.28 bits per heavy atom. The van der Waals surface area contributed by atoms with Gasteiger partial charge in [-0.1, -0.05) is 43.1 Å². The molecule has 4 heterocycles. The number of anilines is 2. The number of hydrogen-bond donors (Lipinski definition) is 0. The predicted molar refractivity (Wildman–Crippen MR) is 213 cm³/mol. The Hall–Kier alpha value is -4.80. The summed E-state index contributed by atoms with van der Waals surface area (Å²) < 4.78 is 35.6. The molecule has 15 nitrogen and oxygen atoms in total. The first-order chi connectivity index (χ1) is 27.6. The van der Waals surface area contributed by atoms with E-state index in [-0.39, 0.29) is 57.2 Å². The molecule has 0 spiro atoms. The molecule has 2 saturated heterocycles. The number of piperazine rings is 1. The fourth-order valence-corrected chi connectivity index (χ4v) is 7.34. The van der Waals surface area contributed by atoms with Crippen molar-refractivity contribution in [3.63, 3.8) is 0 Å². The van der Waals surface area contributed by atoms with Gasteiger partial charge in [0, 0.05) is 53.2 Å². The quantitative estimate of drug-likeness (QED) is 0.114. The highest BCUT2D eigenvalue weighted by Gasteiger charge is 2.47. The van der Waals surface area contributed by atoms with Gasteiger partial charge >= 0.3 is 11.8 Å². The Bertz CT molecular complexity index is 2170. The molecule has 3 aromatic carbocycles. The van der Waals surface area contributed by atoms with Gasteiger partial charge in [0.25, 0.3) is 6.33 Å². The van der Waals surface area contributed by atoms with Crippen LogP contribution in [-0.2, 0) is 38.0 Å². The normalized spacial score (nSPS) is 18.5. The van der Waals surface area contributed by atoms with Crippen molar-refractivity contribution >= 4 is 40.7 Å². The zero-order valence-electron chi connectivity index (χ0n) is 32.6. The van der Waals surface area contributed by atoms with E-state index in [2.05, 4.69) is 44.3 Å². The molecule has 18 heteroatoms. The Balaban J connectivity index is 0.00000567. The van der Waals surface area contributed by atoms with Crippen molar-refractivity contribution in [3.8, 4) is 11.4 Å². The molecule has 5 aromatic rings. The molecule has 2 aliphatic rings. The summed E-state index contributed by atoms with van der Waals surface area (Å²) in [5.41, 5.74) is 3.51. The fourth-order valence-electron chi connectivity index (χ4n) is 6.79. The van der Waals surface area contributed by atoms with Gasteiger partial charge in [0.05, 0.1) is 30.0 Å². The minimum atomic E-state index is -1.29. The summed E-state index contributed by atoms with van der Waals surface area (Å²) >= 11 is 12.9. The lowest BCUT2D eigenvalue weighted by atomic mass is 10.1. The van der Waals surface area contributed by atoms with Crippen molar-refractivity contribution in [2.24, 2.45) is 0 Å². The van der Waals surface area contributed by atoms with Crippen LogP contribution in [-0.4, -0.2) is 82.4 Å². The highest BCUT2D eigenvalue weighted by atomic mass is 35.5. The molecule has 0 N–H and O–H groups in total. The van der Waals surface area contributed by atoms with E-state index in [0.29, 0.717) is 27.8 Å². The first-order valence-electron chi connectivity index (χ1n) is 19.1. The summed E-state index contributed by atoms with van der Waals surface area (Å²) in [5, 5.41) is 9.59. The maximum atomic E-state index is 12.8. The third-order valence-electron chi connectivity index (χ3n) is 10.1. The molecule has 0 aliphatic carbocycles. The van der Waals surface area contributed by atoms with Crippen LogP contribution in [0.5, 0.6) is 5.75 Å². The maximum absolute atomic E-state index is 12.8. The van der Waals surface area contributed by atoms with E-state index < -0.39 is 18.0 Å². The van der Waals surface area contributed by atoms with E-state index in [9.17, 15) is 9.59 Å². The van der Waals surface area contributed by atoms with Gasteiger partial charge < -0.3 is 45.9 Å². The van der Waals surface area contributed by atoms with Crippen molar-refractivity contribution in [2.45, 2.75) is 64.8 Å². The average Bonchev–Trinajstić information content (AvgIpc) is 3.97. The van der Waals surface area contributed by atoms with Crippen molar-refractivity contribution in [2.75, 3.05) is 55.8 Å². The number of rotatable bonds is 15. The second-order valence-corrected chi connectivity index (χ2v) is 14.9. The van der Waals surface area contributed by atoms with Crippen LogP contribution in [0.2, 0.25) is 10.0 Å². The number of benzene rings is 3. The van der Waals surface area contributed by atoms with Crippen molar-refractivity contribution in [1.82, 2.24) is 24.1 Å². The first kappa shape index (κ1) is 42.8. The van der Waals surface area contributed by atoms with Crippen LogP contribution in [0.3, 0.4) is 0 Å². The Kier molecular flexibility index (Phi) is 14.2. The lowest BCUT2D eigenvalue weighted by Gasteiger charge is -2.37.